The molecule has 29 heavy (non-hydrogen) atoms. The van der Waals surface area contributed by atoms with Crippen LogP contribution in [0.2, 0.25) is 0 Å². The first-order chi connectivity index (χ1) is 14.1. The van der Waals surface area contributed by atoms with Crippen molar-refractivity contribution in [2.45, 2.75) is 20.4 Å². The van der Waals surface area contributed by atoms with E-state index in [-0.39, 0.29) is 12.5 Å². The third-order valence-corrected chi connectivity index (χ3v) is 3.96. The van der Waals surface area contributed by atoms with E-state index in [2.05, 4.69) is 30.9 Å². The van der Waals surface area contributed by atoms with Gasteiger partial charge in [0.15, 0.2) is 5.96 Å². The highest BCUT2D eigenvalue weighted by Gasteiger charge is 2.08. The molecule has 0 atom stereocenters. The van der Waals surface area contributed by atoms with Gasteiger partial charge in [0.1, 0.15) is 12.0 Å². The molecule has 0 spiro atoms. The molecule has 8 nitrogen and oxygen atoms in total. The van der Waals surface area contributed by atoms with Crippen LogP contribution in [0.4, 0.5) is 5.69 Å². The maximum absolute atomic E-state index is 12.1. The highest BCUT2D eigenvalue weighted by atomic mass is 16.3. The Bertz CT molecular complexity index is 951. The van der Waals surface area contributed by atoms with Crippen molar-refractivity contribution in [2.75, 3.05) is 18.4 Å². The molecule has 1 amide bonds. The summed E-state index contributed by atoms with van der Waals surface area (Å²) in [7, 11) is 0. The fourth-order valence-corrected chi connectivity index (χ4v) is 2.52. The molecule has 3 aromatic rings. The summed E-state index contributed by atoms with van der Waals surface area (Å²) in [6, 6.07) is 11.5. The Morgan fingerprint density at radius 2 is 2.00 bits per heavy atom. The number of hydrogen-bond acceptors (Lipinski definition) is 5. The van der Waals surface area contributed by atoms with Crippen molar-refractivity contribution in [1.82, 2.24) is 20.6 Å². The first-order valence-corrected chi connectivity index (χ1v) is 9.37. The molecule has 0 aliphatic carbocycles. The standard InChI is InChI=1S/C21H24N6O2/c1-3-23-21(25-13-19(28)26-17-5-4-10-22-11-17)24-12-18-14-29-20(27-18)16-8-6-15(2)7-9-16/h4-11,14H,3,12-13H2,1-2H3,(H,26,28)(H2,23,24,25). The number of hydrogen-bond donors (Lipinski definition) is 3. The fourth-order valence-electron chi connectivity index (χ4n) is 2.52. The predicted octanol–water partition coefficient (Wildman–Crippen LogP) is 2.74. The third kappa shape index (κ3) is 6.17. The largest absolute Gasteiger partial charge is 0.444 e. The van der Waals surface area contributed by atoms with Crippen LogP contribution in [0.5, 0.6) is 0 Å². The molecule has 0 fully saturated rings. The van der Waals surface area contributed by atoms with E-state index in [0.717, 1.165) is 5.56 Å². The van der Waals surface area contributed by atoms with E-state index in [1.807, 2.05) is 38.1 Å². The first kappa shape index (κ1) is 20.1. The van der Waals surface area contributed by atoms with Gasteiger partial charge in [-0.2, -0.15) is 0 Å². The number of carbonyl (C=O) groups is 1. The second-order valence-electron chi connectivity index (χ2n) is 6.35. The zero-order valence-electron chi connectivity index (χ0n) is 16.5. The zero-order valence-corrected chi connectivity index (χ0v) is 16.5. The Balaban J connectivity index is 1.56. The Labute approximate surface area is 169 Å². The molecule has 0 aliphatic heterocycles. The van der Waals surface area contributed by atoms with Gasteiger partial charge < -0.3 is 20.4 Å². The van der Waals surface area contributed by atoms with E-state index in [9.17, 15) is 4.79 Å². The molecule has 0 bridgehead atoms. The fraction of sp³-hybridized carbons (Fsp3) is 0.238. The van der Waals surface area contributed by atoms with E-state index in [1.165, 1.54) is 5.56 Å². The monoisotopic (exact) mass is 392 g/mol. The molecule has 0 saturated heterocycles. The second kappa shape index (κ2) is 10.0. The molecule has 0 radical (unpaired) electrons. The predicted molar refractivity (Wildman–Crippen MR) is 112 cm³/mol. The SMILES string of the molecule is CCNC(=NCc1coc(-c2ccc(C)cc2)n1)NCC(=O)Nc1cccnc1. The van der Waals surface area contributed by atoms with E-state index in [1.54, 1.807) is 30.8 Å². The number of nitrogens with zero attached hydrogens (tertiary/aromatic N) is 3. The number of aryl methyl sites for hydroxylation is 1. The number of guanidine groups is 1. The summed E-state index contributed by atoms with van der Waals surface area (Å²) in [5, 5.41) is 8.87. The summed E-state index contributed by atoms with van der Waals surface area (Å²) in [4.78, 5) is 25.0. The molecular formula is C21H24N6O2. The highest BCUT2D eigenvalue weighted by Crippen LogP contribution is 2.19. The number of rotatable bonds is 7. The lowest BCUT2D eigenvalue weighted by atomic mass is 10.1. The molecule has 2 aromatic heterocycles. The smallest absolute Gasteiger partial charge is 0.243 e. The van der Waals surface area contributed by atoms with Crippen molar-refractivity contribution in [3.8, 4) is 11.5 Å². The lowest BCUT2D eigenvalue weighted by Gasteiger charge is -2.11. The summed E-state index contributed by atoms with van der Waals surface area (Å²) in [6.45, 7) is 5.07. The molecule has 150 valence electrons. The lowest BCUT2D eigenvalue weighted by molar-refractivity contribution is -0.115. The van der Waals surface area contributed by atoms with Gasteiger partial charge in [-0.3, -0.25) is 9.78 Å². The number of anilines is 1. The molecule has 8 heteroatoms. The average molecular weight is 392 g/mol. The van der Waals surface area contributed by atoms with Gasteiger partial charge in [-0.25, -0.2) is 9.98 Å². The Hall–Kier alpha value is -3.68. The van der Waals surface area contributed by atoms with Crippen molar-refractivity contribution in [3.05, 3.63) is 66.3 Å². The number of nitrogens with one attached hydrogen (secondary N) is 3. The first-order valence-electron chi connectivity index (χ1n) is 9.37. The number of benzene rings is 1. The Morgan fingerprint density at radius 3 is 2.72 bits per heavy atom. The number of oxazole rings is 1. The van der Waals surface area contributed by atoms with Crippen molar-refractivity contribution in [1.29, 1.82) is 0 Å². The molecule has 0 aliphatic rings. The van der Waals surface area contributed by atoms with Crippen LogP contribution < -0.4 is 16.0 Å². The van der Waals surface area contributed by atoms with Crippen LogP contribution in [-0.2, 0) is 11.3 Å². The minimum atomic E-state index is -0.188. The van der Waals surface area contributed by atoms with Crippen LogP contribution in [0, 0.1) is 6.92 Å². The highest BCUT2D eigenvalue weighted by molar-refractivity contribution is 5.94. The van der Waals surface area contributed by atoms with E-state index in [4.69, 9.17) is 4.42 Å². The zero-order chi connectivity index (χ0) is 20.5. The van der Waals surface area contributed by atoms with E-state index >= 15 is 0 Å². The number of aliphatic imine (C=N–C) groups is 1. The number of carbonyl (C=O) groups excluding carboxylic acids is 1. The van der Waals surface area contributed by atoms with Crippen LogP contribution in [0.3, 0.4) is 0 Å². The van der Waals surface area contributed by atoms with Gasteiger partial charge in [0, 0.05) is 18.3 Å². The van der Waals surface area contributed by atoms with Crippen molar-refractivity contribution in [3.63, 3.8) is 0 Å². The minimum Gasteiger partial charge on any atom is -0.444 e. The van der Waals surface area contributed by atoms with Gasteiger partial charge in [0.25, 0.3) is 0 Å². The lowest BCUT2D eigenvalue weighted by Crippen LogP contribution is -2.41. The van der Waals surface area contributed by atoms with Crippen LogP contribution in [0.25, 0.3) is 11.5 Å². The van der Waals surface area contributed by atoms with Gasteiger partial charge in [-0.15, -0.1) is 0 Å². The molecule has 1 aromatic carbocycles. The molecule has 3 N–H and O–H groups in total. The maximum Gasteiger partial charge on any atom is 0.243 e. The minimum absolute atomic E-state index is 0.0775. The summed E-state index contributed by atoms with van der Waals surface area (Å²) in [6.07, 6.45) is 4.84. The van der Waals surface area contributed by atoms with Gasteiger partial charge in [-0.1, -0.05) is 17.7 Å². The van der Waals surface area contributed by atoms with Gasteiger partial charge >= 0.3 is 0 Å². The average Bonchev–Trinajstić information content (AvgIpc) is 3.20. The number of aromatic nitrogens is 2. The van der Waals surface area contributed by atoms with Crippen molar-refractivity contribution >= 4 is 17.6 Å². The van der Waals surface area contributed by atoms with Crippen molar-refractivity contribution in [2.24, 2.45) is 4.99 Å². The number of amides is 1. The normalized spacial score (nSPS) is 11.2. The van der Waals surface area contributed by atoms with E-state index in [0.29, 0.717) is 36.3 Å². The summed E-state index contributed by atoms with van der Waals surface area (Å²) >= 11 is 0. The third-order valence-electron chi connectivity index (χ3n) is 3.96. The summed E-state index contributed by atoms with van der Waals surface area (Å²) in [5.74, 6) is 0.893. The Kier molecular flexibility index (Phi) is 6.94. The molecule has 0 saturated carbocycles. The molecule has 3 rings (SSSR count). The topological polar surface area (TPSA) is 104 Å². The molecular weight excluding hydrogens is 368 g/mol. The van der Waals surface area contributed by atoms with Crippen molar-refractivity contribution < 1.29 is 9.21 Å². The maximum atomic E-state index is 12.1. The quantitative estimate of drug-likeness (QED) is 0.422. The van der Waals surface area contributed by atoms with Gasteiger partial charge in [0.05, 0.1) is 25.0 Å². The van der Waals surface area contributed by atoms with Crippen LogP contribution in [-0.4, -0.2) is 34.9 Å². The molecule has 2 heterocycles. The second-order valence-corrected chi connectivity index (χ2v) is 6.35. The van der Waals surface area contributed by atoms with Crippen LogP contribution >= 0.6 is 0 Å². The van der Waals surface area contributed by atoms with Gasteiger partial charge in [-0.05, 0) is 38.1 Å². The van der Waals surface area contributed by atoms with Gasteiger partial charge in [0.2, 0.25) is 11.8 Å². The summed E-state index contributed by atoms with van der Waals surface area (Å²) in [5.41, 5.74) is 3.45. The van der Waals surface area contributed by atoms with Crippen LogP contribution in [0.15, 0.2) is 64.5 Å². The number of pyridine rings is 1. The Morgan fingerprint density at radius 1 is 1.17 bits per heavy atom. The molecule has 0 unspecified atom stereocenters. The van der Waals surface area contributed by atoms with Crippen LogP contribution in [0.1, 0.15) is 18.2 Å². The van der Waals surface area contributed by atoms with E-state index < -0.39 is 0 Å². The summed E-state index contributed by atoms with van der Waals surface area (Å²) < 4.78 is 5.56.